The Hall–Kier alpha value is -2.95. The van der Waals surface area contributed by atoms with Gasteiger partial charge in [0.05, 0.1) is 0 Å². The van der Waals surface area contributed by atoms with E-state index in [0.29, 0.717) is 17.4 Å². The van der Waals surface area contributed by atoms with Gasteiger partial charge in [-0.2, -0.15) is 0 Å². The summed E-state index contributed by atoms with van der Waals surface area (Å²) in [7, 11) is 0. The van der Waals surface area contributed by atoms with Crippen LogP contribution in [0, 0.1) is 24.6 Å². The zero-order chi connectivity index (χ0) is 21.7. The van der Waals surface area contributed by atoms with Gasteiger partial charge in [-0.05, 0) is 66.3 Å². The lowest BCUT2D eigenvalue weighted by molar-refractivity contribution is 0.631. The molecule has 0 fully saturated rings. The first kappa shape index (κ1) is 21.8. The second kappa shape index (κ2) is 9.70. The van der Waals surface area contributed by atoms with Crippen molar-refractivity contribution in [2.75, 3.05) is 23.7 Å². The fourth-order valence-electron chi connectivity index (χ4n) is 3.15. The lowest BCUT2D eigenvalue weighted by Gasteiger charge is -2.13. The Morgan fingerprint density at radius 1 is 0.767 bits per heavy atom. The van der Waals surface area contributed by atoms with Gasteiger partial charge in [-0.1, -0.05) is 27.7 Å². The maximum absolute atomic E-state index is 15.0. The lowest BCUT2D eigenvalue weighted by Crippen LogP contribution is -2.08. The molecule has 0 saturated heterocycles. The minimum Gasteiger partial charge on any atom is -0.370 e. The molecule has 4 nitrogen and oxygen atoms in total. The van der Waals surface area contributed by atoms with Gasteiger partial charge in [-0.25, -0.2) is 14.4 Å². The largest absolute Gasteiger partial charge is 0.370 e. The predicted molar refractivity (Wildman–Crippen MR) is 124 cm³/mol. The summed E-state index contributed by atoms with van der Waals surface area (Å²) in [6.07, 6.45) is 3.51. The van der Waals surface area contributed by atoms with Crippen molar-refractivity contribution >= 4 is 11.6 Å². The molecule has 0 aliphatic rings. The molecule has 5 heteroatoms. The van der Waals surface area contributed by atoms with Crippen molar-refractivity contribution in [2.24, 2.45) is 11.8 Å². The lowest BCUT2D eigenvalue weighted by atomic mass is 9.96. The van der Waals surface area contributed by atoms with Crippen LogP contribution in [0.1, 0.15) is 33.3 Å². The number of aromatic nitrogens is 2. The normalized spacial score (nSPS) is 11.2. The first-order valence-corrected chi connectivity index (χ1v) is 10.5. The van der Waals surface area contributed by atoms with Crippen LogP contribution in [0.25, 0.3) is 22.3 Å². The summed E-state index contributed by atoms with van der Waals surface area (Å²) in [5, 5.41) is 6.58. The highest BCUT2D eigenvalue weighted by Gasteiger charge is 2.12. The van der Waals surface area contributed by atoms with Crippen LogP contribution in [0.2, 0.25) is 0 Å². The van der Waals surface area contributed by atoms with E-state index < -0.39 is 0 Å². The first-order valence-electron chi connectivity index (χ1n) is 10.5. The van der Waals surface area contributed by atoms with Crippen molar-refractivity contribution in [1.29, 1.82) is 0 Å². The SMILES string of the molecule is Cc1cc(-c2ccc(NCC(C)C)nc2)c(F)cc1-c1ccc(NCC(C)C)nc1. The van der Waals surface area contributed by atoms with Crippen LogP contribution in [0.4, 0.5) is 16.0 Å². The second-order valence-electron chi connectivity index (χ2n) is 8.56. The maximum Gasteiger partial charge on any atom is 0.131 e. The van der Waals surface area contributed by atoms with Crippen molar-refractivity contribution in [3.8, 4) is 22.3 Å². The van der Waals surface area contributed by atoms with Gasteiger partial charge in [0.1, 0.15) is 17.5 Å². The van der Waals surface area contributed by atoms with Gasteiger partial charge in [0.15, 0.2) is 0 Å². The first-order chi connectivity index (χ1) is 14.3. The third-order valence-corrected chi connectivity index (χ3v) is 4.85. The van der Waals surface area contributed by atoms with Crippen LogP contribution in [0.5, 0.6) is 0 Å². The van der Waals surface area contributed by atoms with E-state index in [9.17, 15) is 4.39 Å². The third-order valence-electron chi connectivity index (χ3n) is 4.85. The molecule has 0 unspecified atom stereocenters. The van der Waals surface area contributed by atoms with Crippen LogP contribution >= 0.6 is 0 Å². The van der Waals surface area contributed by atoms with Crippen molar-refractivity contribution in [1.82, 2.24) is 9.97 Å². The highest BCUT2D eigenvalue weighted by Crippen LogP contribution is 2.31. The summed E-state index contributed by atoms with van der Waals surface area (Å²) >= 11 is 0. The number of benzene rings is 1. The molecule has 0 saturated carbocycles. The predicted octanol–water partition coefficient (Wildman–Crippen LogP) is 6.39. The molecule has 158 valence electrons. The molecule has 0 radical (unpaired) electrons. The Bertz CT molecular complexity index is 882. The smallest absolute Gasteiger partial charge is 0.131 e. The summed E-state index contributed by atoms with van der Waals surface area (Å²) in [5.74, 6) is 2.46. The molecule has 3 rings (SSSR count). The van der Waals surface area contributed by atoms with Gasteiger partial charge < -0.3 is 10.6 Å². The summed E-state index contributed by atoms with van der Waals surface area (Å²) in [4.78, 5) is 8.89. The van der Waals surface area contributed by atoms with E-state index in [1.165, 1.54) is 0 Å². The molecule has 3 aromatic rings. The van der Waals surface area contributed by atoms with Gasteiger partial charge in [0, 0.05) is 42.2 Å². The molecule has 0 aliphatic heterocycles. The van der Waals surface area contributed by atoms with Gasteiger partial charge in [-0.3, -0.25) is 0 Å². The fraction of sp³-hybridized carbons (Fsp3) is 0.360. The molecule has 1 aromatic carbocycles. The third kappa shape index (κ3) is 5.56. The summed E-state index contributed by atoms with van der Waals surface area (Å²) in [5.41, 5.74) is 4.07. The van der Waals surface area contributed by atoms with E-state index in [-0.39, 0.29) is 5.82 Å². The number of halogens is 1. The fourth-order valence-corrected chi connectivity index (χ4v) is 3.15. The number of anilines is 2. The molecule has 2 aromatic heterocycles. The molecular weight excluding hydrogens is 375 g/mol. The summed E-state index contributed by atoms with van der Waals surface area (Å²) in [6.45, 7) is 12.3. The average Bonchev–Trinajstić information content (AvgIpc) is 2.73. The number of nitrogens with one attached hydrogen (secondary N) is 2. The Labute approximate surface area is 179 Å². The Morgan fingerprint density at radius 3 is 1.70 bits per heavy atom. The van der Waals surface area contributed by atoms with Crippen LogP contribution in [-0.2, 0) is 0 Å². The van der Waals surface area contributed by atoms with E-state index in [1.54, 1.807) is 18.5 Å². The average molecular weight is 407 g/mol. The minimum absolute atomic E-state index is 0.262. The topological polar surface area (TPSA) is 49.8 Å². The molecule has 0 aliphatic carbocycles. The Morgan fingerprint density at radius 2 is 1.27 bits per heavy atom. The summed E-state index contributed by atoms with van der Waals surface area (Å²) < 4.78 is 15.0. The monoisotopic (exact) mass is 406 g/mol. The van der Waals surface area contributed by atoms with E-state index in [0.717, 1.165) is 47.0 Å². The number of nitrogens with zero attached hydrogens (tertiary/aromatic N) is 2. The molecule has 2 heterocycles. The molecule has 0 spiro atoms. The molecule has 0 atom stereocenters. The van der Waals surface area contributed by atoms with Crippen LogP contribution < -0.4 is 10.6 Å². The molecule has 2 N–H and O–H groups in total. The Kier molecular flexibility index (Phi) is 7.03. The van der Waals surface area contributed by atoms with Crippen molar-refractivity contribution < 1.29 is 4.39 Å². The summed E-state index contributed by atoms with van der Waals surface area (Å²) in [6, 6.07) is 11.2. The van der Waals surface area contributed by atoms with Gasteiger partial charge in [0.25, 0.3) is 0 Å². The zero-order valence-corrected chi connectivity index (χ0v) is 18.5. The van der Waals surface area contributed by atoms with Crippen LogP contribution in [0.15, 0.2) is 48.8 Å². The quantitative estimate of drug-likeness (QED) is 0.455. The van der Waals surface area contributed by atoms with Crippen LogP contribution in [0.3, 0.4) is 0 Å². The molecule has 0 amide bonds. The number of aryl methyl sites for hydroxylation is 1. The molecular formula is C25H31FN4. The number of hydrogen-bond donors (Lipinski definition) is 2. The van der Waals surface area contributed by atoms with Gasteiger partial charge >= 0.3 is 0 Å². The highest BCUT2D eigenvalue weighted by atomic mass is 19.1. The van der Waals surface area contributed by atoms with Gasteiger partial charge in [-0.15, -0.1) is 0 Å². The maximum atomic E-state index is 15.0. The second-order valence-corrected chi connectivity index (χ2v) is 8.56. The van der Waals surface area contributed by atoms with E-state index in [2.05, 4.69) is 48.3 Å². The van der Waals surface area contributed by atoms with Crippen LogP contribution in [-0.4, -0.2) is 23.1 Å². The zero-order valence-electron chi connectivity index (χ0n) is 18.5. The highest BCUT2D eigenvalue weighted by molar-refractivity contribution is 5.74. The van der Waals surface area contributed by atoms with Crippen molar-refractivity contribution in [2.45, 2.75) is 34.6 Å². The Balaban J connectivity index is 1.80. The standard InChI is InChI=1S/C25H31FN4/c1-16(2)12-27-24-8-6-19(14-29-24)21-11-23(26)22(10-18(21)5)20-7-9-25(30-15-20)28-13-17(3)4/h6-11,14-17H,12-13H2,1-5H3,(H,27,29)(H,28,30). The molecule has 30 heavy (non-hydrogen) atoms. The van der Waals surface area contributed by atoms with Gasteiger partial charge in [0.2, 0.25) is 0 Å². The number of rotatable bonds is 8. The minimum atomic E-state index is -0.262. The number of pyridine rings is 2. The molecule has 0 bridgehead atoms. The number of hydrogen-bond acceptors (Lipinski definition) is 4. The van der Waals surface area contributed by atoms with E-state index >= 15 is 0 Å². The van der Waals surface area contributed by atoms with E-state index in [1.807, 2.05) is 37.3 Å². The van der Waals surface area contributed by atoms with E-state index in [4.69, 9.17) is 0 Å². The van der Waals surface area contributed by atoms with Crippen molar-refractivity contribution in [3.05, 3.63) is 60.2 Å². The van der Waals surface area contributed by atoms with Crippen molar-refractivity contribution in [3.63, 3.8) is 0 Å².